The second-order valence-corrected chi connectivity index (χ2v) is 4.85. The summed E-state index contributed by atoms with van der Waals surface area (Å²) in [5.74, 6) is -1.59. The van der Waals surface area contributed by atoms with Crippen LogP contribution in [0.1, 0.15) is 26.4 Å². The quantitative estimate of drug-likeness (QED) is 0.889. The third kappa shape index (κ3) is 3.43. The van der Waals surface area contributed by atoms with E-state index >= 15 is 0 Å². The molecule has 0 radical (unpaired) electrons. The average molecular weight is 346 g/mol. The second-order valence-electron chi connectivity index (χ2n) is 4.00. The molecule has 1 aromatic carbocycles. The van der Waals surface area contributed by atoms with Crippen LogP contribution in [0.15, 0.2) is 41.0 Å². The van der Waals surface area contributed by atoms with Crippen LogP contribution in [0.5, 0.6) is 0 Å². The van der Waals surface area contributed by atoms with Crippen LogP contribution in [0.2, 0.25) is 0 Å². The first kappa shape index (κ1) is 14.7. The molecule has 0 fully saturated rings. The fourth-order valence-electron chi connectivity index (χ4n) is 1.56. The van der Waals surface area contributed by atoms with E-state index in [-0.39, 0.29) is 11.3 Å². The normalized spacial score (nSPS) is 9.71. The Morgan fingerprint density at radius 2 is 2.05 bits per heavy atom. The first-order valence-corrected chi connectivity index (χ1v) is 6.51. The van der Waals surface area contributed by atoms with Gasteiger partial charge < -0.3 is 10.4 Å². The molecule has 2 N–H and O–H groups in total. The molecule has 2 aromatic rings. The Labute approximate surface area is 128 Å². The monoisotopic (exact) mass is 345 g/mol. The molecule has 7 heteroatoms. The lowest BCUT2D eigenvalue weighted by Gasteiger charge is -2.07. The van der Waals surface area contributed by atoms with E-state index in [9.17, 15) is 9.59 Å². The predicted molar refractivity (Wildman–Crippen MR) is 78.0 cm³/mol. The van der Waals surface area contributed by atoms with Gasteiger partial charge in [-0.15, -0.1) is 0 Å². The number of hydrogen-bond acceptors (Lipinski definition) is 4. The van der Waals surface area contributed by atoms with Crippen LogP contribution in [0.3, 0.4) is 0 Å². The Morgan fingerprint density at radius 3 is 2.62 bits per heavy atom. The first-order chi connectivity index (χ1) is 10.0. The summed E-state index contributed by atoms with van der Waals surface area (Å²) in [7, 11) is 0. The van der Waals surface area contributed by atoms with Gasteiger partial charge in [-0.05, 0) is 46.3 Å². The van der Waals surface area contributed by atoms with Crippen LogP contribution in [-0.2, 0) is 0 Å². The minimum Gasteiger partial charge on any atom is -0.478 e. The summed E-state index contributed by atoms with van der Waals surface area (Å²) in [6.45, 7) is 0. The number of carboxylic acid groups (broad SMARTS) is 1. The van der Waals surface area contributed by atoms with E-state index in [0.29, 0.717) is 15.7 Å². The number of nitriles is 1. The summed E-state index contributed by atoms with van der Waals surface area (Å²) in [5.41, 5.74) is 0.865. The van der Waals surface area contributed by atoms with Crippen LogP contribution >= 0.6 is 15.9 Å². The highest BCUT2D eigenvalue weighted by Gasteiger charge is 2.12. The van der Waals surface area contributed by atoms with Crippen LogP contribution in [0.4, 0.5) is 5.69 Å². The van der Waals surface area contributed by atoms with Crippen LogP contribution < -0.4 is 5.32 Å². The number of aromatic carboxylic acids is 1. The smallest absolute Gasteiger partial charge is 0.336 e. The molecule has 0 bridgehead atoms. The maximum Gasteiger partial charge on any atom is 0.336 e. The van der Waals surface area contributed by atoms with Crippen LogP contribution in [0.25, 0.3) is 0 Å². The summed E-state index contributed by atoms with van der Waals surface area (Å²) in [5, 5.41) is 20.2. The zero-order valence-electron chi connectivity index (χ0n) is 10.5. The molecule has 1 amide bonds. The number of carbonyl (C=O) groups excluding carboxylic acids is 1. The van der Waals surface area contributed by atoms with E-state index in [1.807, 2.05) is 6.07 Å². The molecule has 0 aliphatic heterocycles. The van der Waals surface area contributed by atoms with E-state index in [1.54, 1.807) is 6.07 Å². The van der Waals surface area contributed by atoms with Crippen molar-refractivity contribution in [2.75, 3.05) is 5.32 Å². The molecule has 0 unspecified atom stereocenters. The molecule has 0 aliphatic carbocycles. The fourth-order valence-corrected chi connectivity index (χ4v) is 1.97. The molecule has 21 heavy (non-hydrogen) atoms. The number of benzene rings is 1. The van der Waals surface area contributed by atoms with E-state index in [1.165, 1.54) is 30.5 Å². The lowest BCUT2D eigenvalue weighted by Crippen LogP contribution is -2.14. The minimum atomic E-state index is -1.10. The summed E-state index contributed by atoms with van der Waals surface area (Å²) < 4.78 is 0.421. The number of rotatable bonds is 3. The Morgan fingerprint density at radius 1 is 1.29 bits per heavy atom. The van der Waals surface area contributed by atoms with Crippen molar-refractivity contribution >= 4 is 33.5 Å². The Bertz CT molecular complexity index is 751. The number of nitrogens with one attached hydrogen (secondary N) is 1. The first-order valence-electron chi connectivity index (χ1n) is 5.71. The number of anilines is 1. The van der Waals surface area contributed by atoms with Crippen molar-refractivity contribution in [2.24, 2.45) is 0 Å². The van der Waals surface area contributed by atoms with E-state index in [4.69, 9.17) is 10.4 Å². The highest BCUT2D eigenvalue weighted by Crippen LogP contribution is 2.21. The van der Waals surface area contributed by atoms with Crippen LogP contribution in [-0.4, -0.2) is 22.0 Å². The number of pyridine rings is 1. The van der Waals surface area contributed by atoms with Gasteiger partial charge in [0, 0.05) is 16.4 Å². The van der Waals surface area contributed by atoms with Crippen LogP contribution in [0, 0.1) is 11.3 Å². The third-order valence-corrected chi connectivity index (χ3v) is 3.27. The van der Waals surface area contributed by atoms with Gasteiger partial charge in [0.2, 0.25) is 0 Å². The molecule has 0 atom stereocenters. The minimum absolute atomic E-state index is 0.0422. The zero-order valence-corrected chi connectivity index (χ0v) is 12.1. The molecule has 2 rings (SSSR count). The summed E-state index contributed by atoms with van der Waals surface area (Å²) in [6.07, 6.45) is 1.29. The Kier molecular flexibility index (Phi) is 4.30. The third-order valence-electron chi connectivity index (χ3n) is 2.58. The van der Waals surface area contributed by atoms with Gasteiger partial charge in [-0.25, -0.2) is 9.78 Å². The molecule has 6 nitrogen and oxygen atoms in total. The molecule has 0 saturated heterocycles. The SMILES string of the molecule is N#Cc1ccc(C(=O)Nc2ccc(Br)c(C(=O)O)c2)nc1. The number of carbonyl (C=O) groups is 2. The topological polar surface area (TPSA) is 103 Å². The lowest BCUT2D eigenvalue weighted by molar-refractivity contribution is 0.0695. The van der Waals surface area contributed by atoms with E-state index in [2.05, 4.69) is 26.2 Å². The average Bonchev–Trinajstić information content (AvgIpc) is 2.49. The molecular weight excluding hydrogens is 338 g/mol. The maximum atomic E-state index is 12.0. The van der Waals surface area contributed by atoms with Gasteiger partial charge >= 0.3 is 5.97 Å². The standard InChI is InChI=1S/C14H8BrN3O3/c15-11-3-2-9(5-10(11)14(20)21)18-13(19)12-4-1-8(6-16)7-17-12/h1-5,7H,(H,18,19)(H,20,21). The van der Waals surface area contributed by atoms with Crippen molar-refractivity contribution in [3.63, 3.8) is 0 Å². The molecule has 1 heterocycles. The number of carboxylic acids is 1. The van der Waals surface area contributed by atoms with Crippen molar-refractivity contribution in [3.05, 3.63) is 57.8 Å². The Hall–Kier alpha value is -2.72. The number of nitrogens with zero attached hydrogens (tertiary/aromatic N) is 2. The molecule has 0 saturated carbocycles. The van der Waals surface area contributed by atoms with Crippen molar-refractivity contribution < 1.29 is 14.7 Å². The fraction of sp³-hybridized carbons (Fsp3) is 0. The van der Waals surface area contributed by atoms with Gasteiger partial charge in [-0.1, -0.05) is 0 Å². The zero-order chi connectivity index (χ0) is 15.4. The van der Waals surface area contributed by atoms with Gasteiger partial charge in [0.25, 0.3) is 5.91 Å². The number of halogens is 1. The Balaban J connectivity index is 2.21. The van der Waals surface area contributed by atoms with Gasteiger partial charge in [0.1, 0.15) is 11.8 Å². The van der Waals surface area contributed by atoms with Crippen molar-refractivity contribution in [1.29, 1.82) is 5.26 Å². The lowest BCUT2D eigenvalue weighted by atomic mass is 10.2. The highest BCUT2D eigenvalue weighted by molar-refractivity contribution is 9.10. The maximum absolute atomic E-state index is 12.0. The highest BCUT2D eigenvalue weighted by atomic mass is 79.9. The molecule has 104 valence electrons. The number of aromatic nitrogens is 1. The molecule has 0 aliphatic rings. The van der Waals surface area contributed by atoms with Gasteiger partial charge in [0.15, 0.2) is 0 Å². The van der Waals surface area contributed by atoms with Crippen molar-refractivity contribution in [2.45, 2.75) is 0 Å². The number of hydrogen-bond donors (Lipinski definition) is 2. The van der Waals surface area contributed by atoms with Crippen molar-refractivity contribution in [1.82, 2.24) is 4.98 Å². The molecule has 0 spiro atoms. The van der Waals surface area contributed by atoms with E-state index < -0.39 is 11.9 Å². The van der Waals surface area contributed by atoms with Gasteiger partial charge in [-0.2, -0.15) is 5.26 Å². The molecular formula is C14H8BrN3O3. The number of amides is 1. The van der Waals surface area contributed by atoms with E-state index in [0.717, 1.165) is 0 Å². The molecule has 1 aromatic heterocycles. The van der Waals surface area contributed by atoms with Crippen molar-refractivity contribution in [3.8, 4) is 6.07 Å². The predicted octanol–water partition coefficient (Wildman–Crippen LogP) is 2.67. The van der Waals surface area contributed by atoms with Gasteiger partial charge in [-0.3, -0.25) is 4.79 Å². The summed E-state index contributed by atoms with van der Waals surface area (Å²) in [6, 6.07) is 9.25. The second kappa shape index (κ2) is 6.15. The summed E-state index contributed by atoms with van der Waals surface area (Å²) in [4.78, 5) is 26.8. The largest absolute Gasteiger partial charge is 0.478 e. The summed E-state index contributed by atoms with van der Waals surface area (Å²) >= 11 is 3.12. The van der Waals surface area contributed by atoms with Gasteiger partial charge in [0.05, 0.1) is 11.1 Å².